The van der Waals surface area contributed by atoms with Crippen LogP contribution in [0.4, 0.5) is 0 Å². The second kappa shape index (κ2) is 7.11. The fourth-order valence-corrected chi connectivity index (χ4v) is 2.18. The summed E-state index contributed by atoms with van der Waals surface area (Å²) >= 11 is 0. The van der Waals surface area contributed by atoms with Gasteiger partial charge in [-0.3, -0.25) is 0 Å². The minimum atomic E-state index is -1.63. The number of aliphatic hydroxyl groups is 4. The maximum absolute atomic E-state index is 11.5. The van der Waals surface area contributed by atoms with Crippen LogP contribution in [-0.4, -0.2) is 75.9 Å². The second-order valence-electron chi connectivity index (χ2n) is 4.96. The summed E-state index contributed by atoms with van der Waals surface area (Å²) in [5.74, 6) is -1.52. The number of methoxy groups -OCH3 is 1. The lowest BCUT2D eigenvalue weighted by Gasteiger charge is -2.39. The highest BCUT2D eigenvalue weighted by Gasteiger charge is 2.45. The number of phenols is 1. The van der Waals surface area contributed by atoms with Crippen LogP contribution in [0.1, 0.15) is 10.4 Å². The molecule has 2 rings (SSSR count). The van der Waals surface area contributed by atoms with E-state index in [1.54, 1.807) is 0 Å². The molecule has 0 saturated carbocycles. The van der Waals surface area contributed by atoms with Crippen molar-refractivity contribution >= 4 is 5.97 Å². The number of phenolic OH excluding ortho intramolecular Hbond substituents is 1. The molecule has 1 fully saturated rings. The van der Waals surface area contributed by atoms with E-state index in [2.05, 4.69) is 4.74 Å². The Morgan fingerprint density at radius 2 is 1.91 bits per heavy atom. The van der Waals surface area contributed by atoms with Gasteiger partial charge in [-0.05, 0) is 12.1 Å². The molecule has 0 spiro atoms. The quantitative estimate of drug-likeness (QED) is 0.410. The van der Waals surface area contributed by atoms with Crippen molar-refractivity contribution in [3.8, 4) is 11.5 Å². The maximum atomic E-state index is 11.5. The largest absolute Gasteiger partial charge is 0.504 e. The van der Waals surface area contributed by atoms with E-state index in [0.717, 1.165) is 7.11 Å². The van der Waals surface area contributed by atoms with Crippen molar-refractivity contribution < 1.29 is 44.5 Å². The minimum Gasteiger partial charge on any atom is -0.504 e. The molecule has 0 aromatic heterocycles. The molecular formula is C14H18O9. The highest BCUT2D eigenvalue weighted by Crippen LogP contribution is 2.33. The lowest BCUT2D eigenvalue weighted by Crippen LogP contribution is -2.60. The second-order valence-corrected chi connectivity index (χ2v) is 4.96. The fourth-order valence-electron chi connectivity index (χ4n) is 2.18. The Labute approximate surface area is 131 Å². The normalized spacial score (nSPS) is 30.7. The van der Waals surface area contributed by atoms with Crippen LogP contribution < -0.4 is 4.74 Å². The number of benzene rings is 1. The molecular weight excluding hydrogens is 312 g/mol. The number of carbonyl (C=O) groups is 1. The number of hydrogen-bond donors (Lipinski definition) is 5. The summed E-state index contributed by atoms with van der Waals surface area (Å²) in [5, 5.41) is 48.4. The maximum Gasteiger partial charge on any atom is 0.341 e. The molecule has 0 amide bonds. The predicted molar refractivity (Wildman–Crippen MR) is 73.8 cm³/mol. The molecule has 5 N–H and O–H groups in total. The van der Waals surface area contributed by atoms with Crippen molar-refractivity contribution in [2.45, 2.75) is 30.7 Å². The molecule has 9 nitrogen and oxygen atoms in total. The van der Waals surface area contributed by atoms with E-state index in [0.29, 0.717) is 0 Å². The van der Waals surface area contributed by atoms with E-state index < -0.39 is 49.0 Å². The first-order valence-corrected chi connectivity index (χ1v) is 6.78. The van der Waals surface area contributed by atoms with Crippen LogP contribution in [0.2, 0.25) is 0 Å². The van der Waals surface area contributed by atoms with Gasteiger partial charge in [-0.2, -0.15) is 0 Å². The zero-order valence-electron chi connectivity index (χ0n) is 12.2. The van der Waals surface area contributed by atoms with Gasteiger partial charge in [-0.15, -0.1) is 0 Å². The Morgan fingerprint density at radius 3 is 2.52 bits per heavy atom. The molecule has 1 aliphatic heterocycles. The summed E-state index contributed by atoms with van der Waals surface area (Å²) in [4.78, 5) is 11.5. The van der Waals surface area contributed by atoms with Gasteiger partial charge in [0.25, 0.3) is 0 Å². The lowest BCUT2D eigenvalue weighted by atomic mass is 9.99. The van der Waals surface area contributed by atoms with Crippen LogP contribution in [0.3, 0.4) is 0 Å². The summed E-state index contributed by atoms with van der Waals surface area (Å²) < 4.78 is 14.9. The van der Waals surface area contributed by atoms with E-state index >= 15 is 0 Å². The summed E-state index contributed by atoms with van der Waals surface area (Å²) in [6.45, 7) is -0.612. The monoisotopic (exact) mass is 330 g/mol. The average Bonchev–Trinajstić information content (AvgIpc) is 2.56. The Kier molecular flexibility index (Phi) is 5.39. The number of rotatable bonds is 4. The van der Waals surface area contributed by atoms with Gasteiger partial charge in [0.2, 0.25) is 6.29 Å². The van der Waals surface area contributed by atoms with E-state index in [9.17, 15) is 25.2 Å². The first-order valence-electron chi connectivity index (χ1n) is 6.78. The number of para-hydroxylation sites is 1. The van der Waals surface area contributed by atoms with Crippen molar-refractivity contribution in [3.05, 3.63) is 23.8 Å². The van der Waals surface area contributed by atoms with Crippen molar-refractivity contribution in [3.63, 3.8) is 0 Å². The molecule has 5 atom stereocenters. The van der Waals surface area contributed by atoms with Gasteiger partial charge in [0.1, 0.15) is 30.0 Å². The van der Waals surface area contributed by atoms with Crippen LogP contribution in [0, 0.1) is 0 Å². The fraction of sp³-hybridized carbons (Fsp3) is 0.500. The average molecular weight is 330 g/mol. The van der Waals surface area contributed by atoms with Crippen LogP contribution in [-0.2, 0) is 9.47 Å². The summed E-state index contributed by atoms with van der Waals surface area (Å²) in [6.07, 6.45) is -7.38. The molecule has 128 valence electrons. The predicted octanol–water partition coefficient (Wildman–Crippen LogP) is -1.64. The highest BCUT2D eigenvalue weighted by atomic mass is 16.7. The van der Waals surface area contributed by atoms with E-state index in [1.165, 1.54) is 18.2 Å². The number of aliphatic hydroxyl groups excluding tert-OH is 4. The highest BCUT2D eigenvalue weighted by molar-refractivity contribution is 5.93. The summed E-state index contributed by atoms with van der Waals surface area (Å²) in [6, 6.07) is 4.02. The SMILES string of the molecule is COC(=O)c1cccc(O[C@@H]2O[C@H](CO)[C@@H](O)[C@H](O)[C@H]2O)c1O. The third-order valence-electron chi connectivity index (χ3n) is 3.50. The Balaban J connectivity index is 2.23. The van der Waals surface area contributed by atoms with Gasteiger partial charge in [0.15, 0.2) is 11.5 Å². The standard InChI is InChI=1S/C14H18O9/c1-21-13(20)6-3-2-4-7(9(6)16)22-14-12(19)11(18)10(17)8(5-15)23-14/h2-4,8,10-12,14-19H,5H2,1H3/t8-,10-,11+,12-,14-/m1/s1. The van der Waals surface area contributed by atoms with E-state index in [4.69, 9.17) is 14.6 Å². The first-order chi connectivity index (χ1) is 10.9. The first kappa shape index (κ1) is 17.4. The molecule has 1 aliphatic rings. The summed E-state index contributed by atoms with van der Waals surface area (Å²) in [5.41, 5.74) is -0.158. The van der Waals surface area contributed by atoms with Crippen molar-refractivity contribution in [2.75, 3.05) is 13.7 Å². The Morgan fingerprint density at radius 1 is 1.22 bits per heavy atom. The molecule has 1 heterocycles. The minimum absolute atomic E-state index is 0.158. The molecule has 1 aromatic rings. The van der Waals surface area contributed by atoms with Crippen molar-refractivity contribution in [2.24, 2.45) is 0 Å². The van der Waals surface area contributed by atoms with Crippen LogP contribution >= 0.6 is 0 Å². The van der Waals surface area contributed by atoms with Crippen LogP contribution in [0.25, 0.3) is 0 Å². The van der Waals surface area contributed by atoms with Crippen molar-refractivity contribution in [1.29, 1.82) is 0 Å². The number of aromatic hydroxyl groups is 1. The number of hydrogen-bond acceptors (Lipinski definition) is 9. The zero-order valence-corrected chi connectivity index (χ0v) is 12.2. The van der Waals surface area contributed by atoms with Gasteiger partial charge in [0, 0.05) is 0 Å². The Hall–Kier alpha value is -1.91. The van der Waals surface area contributed by atoms with Gasteiger partial charge < -0.3 is 39.7 Å². The number of esters is 1. The molecule has 0 unspecified atom stereocenters. The number of carbonyl (C=O) groups excluding carboxylic acids is 1. The molecule has 0 radical (unpaired) electrons. The third-order valence-corrected chi connectivity index (χ3v) is 3.50. The van der Waals surface area contributed by atoms with Crippen molar-refractivity contribution in [1.82, 2.24) is 0 Å². The van der Waals surface area contributed by atoms with Gasteiger partial charge >= 0.3 is 5.97 Å². The third kappa shape index (κ3) is 3.38. The van der Waals surface area contributed by atoms with Gasteiger partial charge in [-0.1, -0.05) is 6.07 Å². The van der Waals surface area contributed by atoms with Gasteiger partial charge in [0.05, 0.1) is 13.7 Å². The molecule has 1 aromatic carbocycles. The van der Waals surface area contributed by atoms with Gasteiger partial charge in [-0.25, -0.2) is 4.79 Å². The molecule has 0 aliphatic carbocycles. The topological polar surface area (TPSA) is 146 Å². The molecule has 9 heteroatoms. The smallest absolute Gasteiger partial charge is 0.341 e. The molecule has 23 heavy (non-hydrogen) atoms. The zero-order chi connectivity index (χ0) is 17.1. The van der Waals surface area contributed by atoms with Crippen LogP contribution in [0.15, 0.2) is 18.2 Å². The summed E-state index contributed by atoms with van der Waals surface area (Å²) in [7, 11) is 1.15. The number of ether oxygens (including phenoxy) is 3. The van der Waals surface area contributed by atoms with E-state index in [1.807, 2.05) is 0 Å². The van der Waals surface area contributed by atoms with Crippen LogP contribution in [0.5, 0.6) is 11.5 Å². The van der Waals surface area contributed by atoms with E-state index in [-0.39, 0.29) is 11.3 Å². The Bertz CT molecular complexity index is 559. The molecule has 1 saturated heterocycles. The molecule has 0 bridgehead atoms. The lowest BCUT2D eigenvalue weighted by molar-refractivity contribution is -0.277.